The molecule has 1 aliphatic carbocycles. The molecule has 1 aliphatic rings. The van der Waals surface area contributed by atoms with Gasteiger partial charge in [0, 0.05) is 0 Å². The number of benzene rings is 1. The Morgan fingerprint density at radius 3 is 2.59 bits per heavy atom. The average Bonchev–Trinajstić information content (AvgIpc) is 2.81. The third-order valence-corrected chi connectivity index (χ3v) is 5.88. The fourth-order valence-electron chi connectivity index (χ4n) is 2.34. The van der Waals surface area contributed by atoms with Gasteiger partial charge in [-0.05, 0) is 0 Å². The van der Waals surface area contributed by atoms with Gasteiger partial charge in [0.1, 0.15) is 0 Å². The number of hydrogen-bond donors (Lipinski definition) is 0. The maximum atomic E-state index is 9.22. The molecule has 0 spiro atoms. The molecule has 1 saturated carbocycles. The van der Waals surface area contributed by atoms with Gasteiger partial charge in [-0.1, -0.05) is 0 Å². The van der Waals surface area contributed by atoms with Crippen LogP contribution in [0.15, 0.2) is 30.3 Å². The molecule has 1 atom stereocenters. The third-order valence-electron chi connectivity index (χ3n) is 3.41. The molecule has 0 bridgehead atoms. The normalized spacial score (nSPS) is 21.6. The van der Waals surface area contributed by atoms with Crippen molar-refractivity contribution in [1.29, 1.82) is 10.5 Å². The van der Waals surface area contributed by atoms with Crippen LogP contribution >= 0.6 is 0 Å². The first-order chi connectivity index (χ1) is 8.30. The van der Waals surface area contributed by atoms with E-state index in [9.17, 15) is 10.5 Å². The van der Waals surface area contributed by atoms with Crippen molar-refractivity contribution in [1.82, 2.24) is 0 Å². The van der Waals surface area contributed by atoms with Gasteiger partial charge in [-0.25, -0.2) is 0 Å². The summed E-state index contributed by atoms with van der Waals surface area (Å²) in [6, 6.07) is 14.9. The van der Waals surface area contributed by atoms with Crippen LogP contribution < -0.4 is 4.46 Å². The third kappa shape index (κ3) is 2.52. The molecule has 17 heavy (non-hydrogen) atoms. The summed E-state index contributed by atoms with van der Waals surface area (Å²) in [7, 11) is 0. The molecule has 0 N–H and O–H groups in total. The number of nitriles is 2. The SMILES string of the molecule is N#CC1(C#N)CCCC1C[Se]c1ccccc1. The average molecular weight is 289 g/mol. The fourth-order valence-corrected chi connectivity index (χ4v) is 4.84. The second-order valence-corrected chi connectivity index (χ2v) is 6.70. The quantitative estimate of drug-likeness (QED) is 0.801. The van der Waals surface area contributed by atoms with Crippen LogP contribution in [0.3, 0.4) is 0 Å². The Bertz CT molecular complexity index is 441. The molecule has 2 nitrogen and oxygen atoms in total. The maximum absolute atomic E-state index is 9.22. The fraction of sp³-hybridized carbons (Fsp3) is 0.429. The van der Waals surface area contributed by atoms with Crippen molar-refractivity contribution in [2.75, 3.05) is 0 Å². The first kappa shape index (κ1) is 12.2. The molecule has 0 radical (unpaired) electrons. The van der Waals surface area contributed by atoms with E-state index in [1.165, 1.54) is 4.46 Å². The summed E-state index contributed by atoms with van der Waals surface area (Å²) in [6.45, 7) is 0. The Hall–Kier alpha value is -1.28. The van der Waals surface area contributed by atoms with Crippen LogP contribution in [0.1, 0.15) is 19.3 Å². The van der Waals surface area contributed by atoms with Crippen molar-refractivity contribution in [3.63, 3.8) is 0 Å². The second kappa shape index (κ2) is 5.37. The van der Waals surface area contributed by atoms with Gasteiger partial charge in [0.25, 0.3) is 0 Å². The van der Waals surface area contributed by atoms with Gasteiger partial charge >= 0.3 is 108 Å². The Balaban J connectivity index is 2.01. The van der Waals surface area contributed by atoms with Crippen molar-refractivity contribution in [2.45, 2.75) is 24.6 Å². The topological polar surface area (TPSA) is 47.6 Å². The summed E-state index contributed by atoms with van der Waals surface area (Å²) in [6.07, 6.45) is 2.82. The zero-order chi connectivity index (χ0) is 12.1. The van der Waals surface area contributed by atoms with Crippen molar-refractivity contribution in [2.24, 2.45) is 11.3 Å². The predicted octanol–water partition coefficient (Wildman–Crippen LogP) is 2.27. The molecule has 1 unspecified atom stereocenters. The van der Waals surface area contributed by atoms with Crippen molar-refractivity contribution in [3.05, 3.63) is 30.3 Å². The molecular weight excluding hydrogens is 275 g/mol. The summed E-state index contributed by atoms with van der Waals surface area (Å²) < 4.78 is 1.36. The molecule has 0 aromatic heterocycles. The second-order valence-electron chi connectivity index (χ2n) is 4.41. The Labute approximate surface area is 108 Å². The molecule has 0 heterocycles. The number of hydrogen-bond acceptors (Lipinski definition) is 2. The summed E-state index contributed by atoms with van der Waals surface area (Å²) in [5.74, 6) is 0.276. The van der Waals surface area contributed by atoms with E-state index in [0.717, 1.165) is 24.6 Å². The summed E-state index contributed by atoms with van der Waals surface area (Å²) in [5, 5.41) is 19.4. The number of rotatable bonds is 3. The zero-order valence-electron chi connectivity index (χ0n) is 9.60. The van der Waals surface area contributed by atoms with Crippen LogP contribution in [-0.2, 0) is 0 Å². The van der Waals surface area contributed by atoms with Crippen molar-refractivity contribution < 1.29 is 0 Å². The molecule has 2 rings (SSSR count). The van der Waals surface area contributed by atoms with E-state index >= 15 is 0 Å². The van der Waals surface area contributed by atoms with Gasteiger partial charge in [-0.3, -0.25) is 0 Å². The summed E-state index contributed by atoms with van der Waals surface area (Å²) >= 11 is 0.384. The van der Waals surface area contributed by atoms with Crippen LogP contribution in [0.25, 0.3) is 0 Å². The molecule has 0 saturated heterocycles. The molecule has 3 heteroatoms. The first-order valence-corrected chi connectivity index (χ1v) is 7.88. The van der Waals surface area contributed by atoms with Gasteiger partial charge in [0.05, 0.1) is 0 Å². The van der Waals surface area contributed by atoms with Crippen LogP contribution in [0.4, 0.5) is 0 Å². The monoisotopic (exact) mass is 290 g/mol. The zero-order valence-corrected chi connectivity index (χ0v) is 11.3. The standard InChI is InChI=1S/C14H14N2Se/c15-10-14(11-16)8-4-5-12(14)9-17-13-6-2-1-3-7-13/h1-3,6-7,12H,4-5,8-9H2. The Kier molecular flexibility index (Phi) is 3.85. The van der Waals surface area contributed by atoms with Crippen LogP contribution in [0.2, 0.25) is 5.32 Å². The van der Waals surface area contributed by atoms with Crippen LogP contribution in [0, 0.1) is 34.0 Å². The minimum atomic E-state index is -0.698. The van der Waals surface area contributed by atoms with Gasteiger partial charge in [-0.15, -0.1) is 0 Å². The molecular formula is C14H14N2Se. The van der Waals surface area contributed by atoms with Gasteiger partial charge in [-0.2, -0.15) is 0 Å². The van der Waals surface area contributed by atoms with Crippen LogP contribution in [-0.4, -0.2) is 15.0 Å². The van der Waals surface area contributed by atoms with E-state index in [2.05, 4.69) is 24.3 Å². The van der Waals surface area contributed by atoms with E-state index in [-0.39, 0.29) is 5.92 Å². The van der Waals surface area contributed by atoms with E-state index in [4.69, 9.17) is 0 Å². The van der Waals surface area contributed by atoms with Gasteiger partial charge in [0.2, 0.25) is 0 Å². The van der Waals surface area contributed by atoms with E-state index in [0.29, 0.717) is 15.0 Å². The number of nitrogens with zero attached hydrogens (tertiary/aromatic N) is 2. The minimum absolute atomic E-state index is 0.276. The van der Waals surface area contributed by atoms with E-state index in [1.807, 2.05) is 18.2 Å². The van der Waals surface area contributed by atoms with Crippen molar-refractivity contribution in [3.8, 4) is 12.1 Å². The van der Waals surface area contributed by atoms with E-state index in [1.54, 1.807) is 0 Å². The molecule has 0 amide bonds. The van der Waals surface area contributed by atoms with E-state index < -0.39 is 5.41 Å². The van der Waals surface area contributed by atoms with Crippen LogP contribution in [0.5, 0.6) is 0 Å². The Morgan fingerprint density at radius 2 is 1.94 bits per heavy atom. The summed E-state index contributed by atoms with van der Waals surface area (Å²) in [4.78, 5) is 0. The molecule has 1 aromatic rings. The molecule has 1 fully saturated rings. The molecule has 86 valence electrons. The Morgan fingerprint density at radius 1 is 1.24 bits per heavy atom. The van der Waals surface area contributed by atoms with Crippen molar-refractivity contribution >= 4 is 19.4 Å². The molecule has 1 aromatic carbocycles. The summed E-state index contributed by atoms with van der Waals surface area (Å²) in [5.41, 5.74) is -0.698. The van der Waals surface area contributed by atoms with Gasteiger partial charge in [0.15, 0.2) is 0 Å². The predicted molar refractivity (Wildman–Crippen MR) is 67.6 cm³/mol. The molecule has 0 aliphatic heterocycles. The first-order valence-electron chi connectivity index (χ1n) is 5.81. The van der Waals surface area contributed by atoms with Gasteiger partial charge < -0.3 is 0 Å².